The molecule has 0 atom stereocenters. The Morgan fingerprint density at radius 3 is 2.72 bits per heavy atom. The SMILES string of the molecule is CNC(=O)c1ccc(NCc2ccccn2)nn1. The Bertz CT molecular complexity index is 512. The number of amides is 1. The van der Waals surface area contributed by atoms with Crippen molar-refractivity contribution in [1.29, 1.82) is 0 Å². The summed E-state index contributed by atoms with van der Waals surface area (Å²) in [6.07, 6.45) is 1.73. The molecule has 2 N–H and O–H groups in total. The quantitative estimate of drug-likeness (QED) is 0.832. The molecule has 6 heteroatoms. The summed E-state index contributed by atoms with van der Waals surface area (Å²) >= 11 is 0. The van der Waals surface area contributed by atoms with E-state index in [1.54, 1.807) is 25.4 Å². The molecule has 0 bridgehead atoms. The fourth-order valence-corrected chi connectivity index (χ4v) is 1.36. The first-order valence-electron chi connectivity index (χ1n) is 5.49. The summed E-state index contributed by atoms with van der Waals surface area (Å²) in [6, 6.07) is 9.03. The highest BCUT2D eigenvalue weighted by atomic mass is 16.1. The normalized spacial score (nSPS) is 9.83. The van der Waals surface area contributed by atoms with Gasteiger partial charge in [0.25, 0.3) is 5.91 Å². The average Bonchev–Trinajstić information content (AvgIpc) is 2.46. The molecule has 0 saturated carbocycles. The van der Waals surface area contributed by atoms with Crippen molar-refractivity contribution in [2.75, 3.05) is 12.4 Å². The van der Waals surface area contributed by atoms with E-state index in [0.29, 0.717) is 18.1 Å². The highest BCUT2D eigenvalue weighted by Crippen LogP contribution is 2.04. The van der Waals surface area contributed by atoms with Crippen LogP contribution in [0.15, 0.2) is 36.5 Å². The molecule has 0 aliphatic carbocycles. The van der Waals surface area contributed by atoms with Crippen molar-refractivity contribution in [2.45, 2.75) is 6.54 Å². The minimum atomic E-state index is -0.251. The maximum absolute atomic E-state index is 11.3. The lowest BCUT2D eigenvalue weighted by atomic mass is 10.3. The molecule has 0 aliphatic heterocycles. The van der Waals surface area contributed by atoms with Gasteiger partial charge in [-0.25, -0.2) is 0 Å². The maximum Gasteiger partial charge on any atom is 0.271 e. The summed E-state index contributed by atoms with van der Waals surface area (Å²) in [5.74, 6) is 0.354. The van der Waals surface area contributed by atoms with Gasteiger partial charge in [-0.15, -0.1) is 10.2 Å². The summed E-state index contributed by atoms with van der Waals surface area (Å²) in [7, 11) is 1.55. The molecular formula is C12H13N5O. The van der Waals surface area contributed by atoms with Crippen LogP contribution in [-0.4, -0.2) is 28.1 Å². The van der Waals surface area contributed by atoms with Crippen LogP contribution in [0, 0.1) is 0 Å². The molecule has 0 aromatic carbocycles. The van der Waals surface area contributed by atoms with E-state index >= 15 is 0 Å². The second-order valence-electron chi connectivity index (χ2n) is 3.56. The Hall–Kier alpha value is -2.50. The smallest absolute Gasteiger partial charge is 0.271 e. The second-order valence-corrected chi connectivity index (χ2v) is 3.56. The first kappa shape index (κ1) is 12.0. The second kappa shape index (κ2) is 5.72. The van der Waals surface area contributed by atoms with Crippen molar-refractivity contribution < 1.29 is 4.79 Å². The van der Waals surface area contributed by atoms with Crippen LogP contribution in [0.4, 0.5) is 5.82 Å². The van der Waals surface area contributed by atoms with Crippen molar-refractivity contribution >= 4 is 11.7 Å². The van der Waals surface area contributed by atoms with E-state index < -0.39 is 0 Å². The fraction of sp³-hybridized carbons (Fsp3) is 0.167. The minimum Gasteiger partial charge on any atom is -0.363 e. The van der Waals surface area contributed by atoms with Crippen LogP contribution in [0.3, 0.4) is 0 Å². The lowest BCUT2D eigenvalue weighted by Gasteiger charge is -2.04. The van der Waals surface area contributed by atoms with Crippen molar-refractivity contribution in [3.8, 4) is 0 Å². The molecule has 0 unspecified atom stereocenters. The van der Waals surface area contributed by atoms with Gasteiger partial charge in [0, 0.05) is 13.2 Å². The Kier molecular flexibility index (Phi) is 3.80. The molecule has 2 heterocycles. The molecule has 0 fully saturated rings. The number of hydrogen-bond acceptors (Lipinski definition) is 5. The molecule has 0 aliphatic rings. The maximum atomic E-state index is 11.3. The molecule has 0 spiro atoms. The number of anilines is 1. The lowest BCUT2D eigenvalue weighted by molar-refractivity contribution is 0.0957. The number of carbonyl (C=O) groups excluding carboxylic acids is 1. The van der Waals surface area contributed by atoms with E-state index in [0.717, 1.165) is 5.69 Å². The van der Waals surface area contributed by atoms with Gasteiger partial charge in [0.05, 0.1) is 12.2 Å². The minimum absolute atomic E-state index is 0.251. The standard InChI is InChI=1S/C12H13N5O/c1-13-12(18)10-5-6-11(17-16-10)15-8-9-4-2-3-7-14-9/h2-7H,8H2,1H3,(H,13,18)(H,15,17). The van der Waals surface area contributed by atoms with Gasteiger partial charge in [0.1, 0.15) is 5.82 Å². The Morgan fingerprint density at radius 2 is 2.11 bits per heavy atom. The van der Waals surface area contributed by atoms with Gasteiger partial charge < -0.3 is 10.6 Å². The number of rotatable bonds is 4. The number of carbonyl (C=O) groups is 1. The molecule has 0 saturated heterocycles. The van der Waals surface area contributed by atoms with E-state index in [1.807, 2.05) is 18.2 Å². The third-order valence-corrected chi connectivity index (χ3v) is 2.30. The number of pyridine rings is 1. The van der Waals surface area contributed by atoms with Crippen LogP contribution in [-0.2, 0) is 6.54 Å². The first-order chi connectivity index (χ1) is 8.79. The highest BCUT2D eigenvalue weighted by molar-refractivity contribution is 5.91. The zero-order chi connectivity index (χ0) is 12.8. The van der Waals surface area contributed by atoms with E-state index in [2.05, 4.69) is 25.8 Å². The first-order valence-corrected chi connectivity index (χ1v) is 5.49. The van der Waals surface area contributed by atoms with Gasteiger partial charge in [-0.05, 0) is 24.3 Å². The largest absolute Gasteiger partial charge is 0.363 e. The van der Waals surface area contributed by atoms with Gasteiger partial charge in [0.2, 0.25) is 0 Å². The summed E-state index contributed by atoms with van der Waals surface area (Å²) in [4.78, 5) is 15.4. The van der Waals surface area contributed by atoms with Gasteiger partial charge >= 0.3 is 0 Å². The highest BCUT2D eigenvalue weighted by Gasteiger charge is 2.05. The van der Waals surface area contributed by atoms with Crippen LogP contribution < -0.4 is 10.6 Å². The number of hydrogen-bond donors (Lipinski definition) is 2. The number of nitrogens with zero attached hydrogens (tertiary/aromatic N) is 3. The van der Waals surface area contributed by atoms with Gasteiger partial charge in [-0.1, -0.05) is 6.07 Å². The Labute approximate surface area is 104 Å². The molecule has 18 heavy (non-hydrogen) atoms. The van der Waals surface area contributed by atoms with E-state index in [9.17, 15) is 4.79 Å². The molecule has 1 amide bonds. The van der Waals surface area contributed by atoms with Crippen LogP contribution in [0.1, 0.15) is 16.2 Å². The average molecular weight is 243 g/mol. The molecule has 2 rings (SSSR count). The monoisotopic (exact) mass is 243 g/mol. The van der Waals surface area contributed by atoms with Crippen molar-refractivity contribution in [2.24, 2.45) is 0 Å². The molecule has 2 aromatic heterocycles. The topological polar surface area (TPSA) is 79.8 Å². The van der Waals surface area contributed by atoms with Gasteiger partial charge in [0.15, 0.2) is 5.69 Å². The van der Waals surface area contributed by atoms with E-state index in [-0.39, 0.29) is 5.91 Å². The summed E-state index contributed by atoms with van der Waals surface area (Å²) in [5, 5.41) is 13.3. The molecular weight excluding hydrogens is 230 g/mol. The molecule has 6 nitrogen and oxygen atoms in total. The zero-order valence-electron chi connectivity index (χ0n) is 9.92. The molecule has 2 aromatic rings. The van der Waals surface area contributed by atoms with Crippen LogP contribution in [0.5, 0.6) is 0 Å². The van der Waals surface area contributed by atoms with E-state index in [1.165, 1.54) is 0 Å². The molecule has 92 valence electrons. The zero-order valence-corrected chi connectivity index (χ0v) is 9.92. The number of aromatic nitrogens is 3. The fourth-order valence-electron chi connectivity index (χ4n) is 1.36. The van der Waals surface area contributed by atoms with Crippen molar-refractivity contribution in [3.63, 3.8) is 0 Å². The summed E-state index contributed by atoms with van der Waals surface area (Å²) < 4.78 is 0. The van der Waals surface area contributed by atoms with Crippen molar-refractivity contribution in [3.05, 3.63) is 47.9 Å². The van der Waals surface area contributed by atoms with E-state index in [4.69, 9.17) is 0 Å². The summed E-state index contributed by atoms with van der Waals surface area (Å²) in [5.41, 5.74) is 1.20. The van der Waals surface area contributed by atoms with Gasteiger partial charge in [-0.2, -0.15) is 0 Å². The Balaban J connectivity index is 1.97. The predicted octanol–water partition coefficient (Wildman–Crippen LogP) is 0.843. The number of nitrogens with one attached hydrogen (secondary N) is 2. The summed E-state index contributed by atoms with van der Waals surface area (Å²) in [6.45, 7) is 0.564. The van der Waals surface area contributed by atoms with Crippen molar-refractivity contribution in [1.82, 2.24) is 20.5 Å². The third-order valence-electron chi connectivity index (χ3n) is 2.30. The molecule has 0 radical (unpaired) electrons. The Morgan fingerprint density at radius 1 is 1.22 bits per heavy atom. The third kappa shape index (κ3) is 3.00. The van der Waals surface area contributed by atoms with Crippen LogP contribution in [0.2, 0.25) is 0 Å². The lowest BCUT2D eigenvalue weighted by Crippen LogP contribution is -2.19. The van der Waals surface area contributed by atoms with Crippen LogP contribution >= 0.6 is 0 Å². The van der Waals surface area contributed by atoms with Crippen LogP contribution in [0.25, 0.3) is 0 Å². The van der Waals surface area contributed by atoms with Gasteiger partial charge in [-0.3, -0.25) is 9.78 Å². The predicted molar refractivity (Wildman–Crippen MR) is 67.0 cm³/mol.